The summed E-state index contributed by atoms with van der Waals surface area (Å²) in [6.45, 7) is 3.65. The molecule has 72 valence electrons. The Bertz CT molecular complexity index is 276. The van der Waals surface area contributed by atoms with Crippen LogP contribution in [0.2, 0.25) is 0 Å². The minimum absolute atomic E-state index is 0.731. The zero-order valence-corrected chi connectivity index (χ0v) is 9.52. The molecule has 2 nitrogen and oxygen atoms in total. The zero-order chi connectivity index (χ0) is 9.68. The minimum atomic E-state index is 0.731. The number of ether oxygens (including phenoxy) is 1. The molecule has 0 spiro atoms. The molecule has 1 rings (SSSR count). The summed E-state index contributed by atoms with van der Waals surface area (Å²) in [4.78, 5) is 0. The Kier molecular flexibility index (Phi) is 4.25. The van der Waals surface area contributed by atoms with Crippen molar-refractivity contribution in [3.8, 4) is 0 Å². The fourth-order valence-corrected chi connectivity index (χ4v) is 1.30. The third-order valence-electron chi connectivity index (χ3n) is 1.79. The molecule has 0 bridgehead atoms. The average molecular weight is 244 g/mol. The van der Waals surface area contributed by atoms with E-state index in [1.165, 1.54) is 5.56 Å². The summed E-state index contributed by atoms with van der Waals surface area (Å²) in [5, 5.41) is 3.27. The summed E-state index contributed by atoms with van der Waals surface area (Å²) < 4.78 is 6.09. The number of anilines is 1. The van der Waals surface area contributed by atoms with Gasteiger partial charge >= 0.3 is 0 Å². The molecule has 0 atom stereocenters. The summed E-state index contributed by atoms with van der Waals surface area (Å²) in [5.74, 6) is 0. The van der Waals surface area contributed by atoms with Gasteiger partial charge in [0.1, 0.15) is 0 Å². The van der Waals surface area contributed by atoms with Crippen LogP contribution in [0, 0.1) is 6.92 Å². The number of hydrogen-bond donors (Lipinski definition) is 1. The maximum absolute atomic E-state index is 4.95. The molecule has 1 aromatic rings. The molecule has 0 saturated carbocycles. The number of rotatable bonds is 4. The number of halogens is 1. The Balaban J connectivity index is 2.53. The van der Waals surface area contributed by atoms with Crippen molar-refractivity contribution in [1.29, 1.82) is 0 Å². The van der Waals surface area contributed by atoms with Crippen molar-refractivity contribution in [2.24, 2.45) is 0 Å². The van der Waals surface area contributed by atoms with E-state index in [1.807, 2.05) is 12.1 Å². The van der Waals surface area contributed by atoms with Gasteiger partial charge in [-0.15, -0.1) is 0 Å². The van der Waals surface area contributed by atoms with Crippen LogP contribution in [0.5, 0.6) is 0 Å². The first-order valence-corrected chi connectivity index (χ1v) is 5.02. The van der Waals surface area contributed by atoms with Crippen LogP contribution in [0.25, 0.3) is 0 Å². The molecule has 1 N–H and O–H groups in total. The van der Waals surface area contributed by atoms with Gasteiger partial charge in [0, 0.05) is 23.8 Å². The van der Waals surface area contributed by atoms with Gasteiger partial charge in [-0.1, -0.05) is 15.9 Å². The van der Waals surface area contributed by atoms with Gasteiger partial charge in [0.2, 0.25) is 0 Å². The molecule has 0 aliphatic heterocycles. The Morgan fingerprint density at radius 3 is 2.85 bits per heavy atom. The number of benzene rings is 1. The van der Waals surface area contributed by atoms with Crippen LogP contribution in [-0.4, -0.2) is 20.3 Å². The lowest BCUT2D eigenvalue weighted by Gasteiger charge is -2.07. The molecule has 0 amide bonds. The molecule has 0 saturated heterocycles. The first kappa shape index (κ1) is 10.5. The first-order chi connectivity index (χ1) is 6.24. The quantitative estimate of drug-likeness (QED) is 0.822. The molecular formula is C10H14BrNO. The first-order valence-electron chi connectivity index (χ1n) is 4.23. The van der Waals surface area contributed by atoms with E-state index in [0.717, 1.165) is 23.3 Å². The summed E-state index contributed by atoms with van der Waals surface area (Å²) in [6, 6.07) is 6.21. The lowest BCUT2D eigenvalue weighted by molar-refractivity contribution is 0.211. The van der Waals surface area contributed by atoms with Crippen molar-refractivity contribution >= 4 is 21.6 Å². The standard InChI is InChI=1S/C10H14BrNO/c1-8-7-9(3-4-10(8)11)12-5-6-13-2/h3-4,7,12H,5-6H2,1-2H3. The van der Waals surface area contributed by atoms with E-state index in [2.05, 4.69) is 34.2 Å². The van der Waals surface area contributed by atoms with Crippen molar-refractivity contribution in [3.05, 3.63) is 28.2 Å². The van der Waals surface area contributed by atoms with E-state index in [-0.39, 0.29) is 0 Å². The normalized spacial score (nSPS) is 10.1. The highest BCUT2D eigenvalue weighted by atomic mass is 79.9. The monoisotopic (exact) mass is 243 g/mol. The van der Waals surface area contributed by atoms with Crippen LogP contribution in [0.1, 0.15) is 5.56 Å². The number of hydrogen-bond acceptors (Lipinski definition) is 2. The van der Waals surface area contributed by atoms with Crippen molar-refractivity contribution < 1.29 is 4.74 Å². The second-order valence-corrected chi connectivity index (χ2v) is 3.74. The molecule has 1 aromatic carbocycles. The SMILES string of the molecule is COCCNc1ccc(Br)c(C)c1. The second-order valence-electron chi connectivity index (χ2n) is 2.88. The van der Waals surface area contributed by atoms with Crippen molar-refractivity contribution in [2.45, 2.75) is 6.92 Å². The maximum atomic E-state index is 4.95. The van der Waals surface area contributed by atoms with Gasteiger partial charge < -0.3 is 10.1 Å². The lowest BCUT2D eigenvalue weighted by Crippen LogP contribution is -2.07. The summed E-state index contributed by atoms with van der Waals surface area (Å²) in [6.07, 6.45) is 0. The lowest BCUT2D eigenvalue weighted by atomic mass is 10.2. The van der Waals surface area contributed by atoms with E-state index in [4.69, 9.17) is 4.74 Å². The van der Waals surface area contributed by atoms with E-state index in [9.17, 15) is 0 Å². The van der Waals surface area contributed by atoms with Gasteiger partial charge in [0.05, 0.1) is 6.61 Å². The average Bonchev–Trinajstić information content (AvgIpc) is 2.12. The Morgan fingerprint density at radius 1 is 1.46 bits per heavy atom. The molecule has 0 unspecified atom stereocenters. The highest BCUT2D eigenvalue weighted by molar-refractivity contribution is 9.10. The Labute approximate surface area is 87.4 Å². The minimum Gasteiger partial charge on any atom is -0.383 e. The molecule has 0 radical (unpaired) electrons. The fraction of sp³-hybridized carbons (Fsp3) is 0.400. The molecule has 0 heterocycles. The highest BCUT2D eigenvalue weighted by Crippen LogP contribution is 2.19. The van der Waals surface area contributed by atoms with Crippen molar-refractivity contribution in [2.75, 3.05) is 25.6 Å². The molecule has 0 aliphatic rings. The molecule has 0 fully saturated rings. The summed E-state index contributed by atoms with van der Waals surface area (Å²) in [7, 11) is 1.70. The van der Waals surface area contributed by atoms with Gasteiger partial charge in [-0.3, -0.25) is 0 Å². The topological polar surface area (TPSA) is 21.3 Å². The fourth-order valence-electron chi connectivity index (χ4n) is 1.05. The van der Waals surface area contributed by atoms with Gasteiger partial charge in [-0.2, -0.15) is 0 Å². The third-order valence-corrected chi connectivity index (χ3v) is 2.68. The van der Waals surface area contributed by atoms with Crippen LogP contribution in [0.4, 0.5) is 5.69 Å². The number of aryl methyl sites for hydroxylation is 1. The smallest absolute Gasteiger partial charge is 0.0635 e. The molecular weight excluding hydrogens is 230 g/mol. The van der Waals surface area contributed by atoms with Crippen LogP contribution in [0.3, 0.4) is 0 Å². The van der Waals surface area contributed by atoms with Crippen LogP contribution < -0.4 is 5.32 Å². The Morgan fingerprint density at radius 2 is 2.23 bits per heavy atom. The molecule has 0 aromatic heterocycles. The van der Waals surface area contributed by atoms with Crippen LogP contribution in [-0.2, 0) is 4.74 Å². The highest BCUT2D eigenvalue weighted by Gasteiger charge is 1.95. The maximum Gasteiger partial charge on any atom is 0.0635 e. The zero-order valence-electron chi connectivity index (χ0n) is 7.93. The van der Waals surface area contributed by atoms with Gasteiger partial charge in [-0.05, 0) is 30.7 Å². The summed E-state index contributed by atoms with van der Waals surface area (Å²) >= 11 is 3.46. The van der Waals surface area contributed by atoms with E-state index >= 15 is 0 Å². The van der Waals surface area contributed by atoms with E-state index < -0.39 is 0 Å². The predicted octanol–water partition coefficient (Wildman–Crippen LogP) is 2.82. The van der Waals surface area contributed by atoms with Gasteiger partial charge in [-0.25, -0.2) is 0 Å². The molecule has 13 heavy (non-hydrogen) atoms. The van der Waals surface area contributed by atoms with E-state index in [1.54, 1.807) is 7.11 Å². The van der Waals surface area contributed by atoms with Crippen molar-refractivity contribution in [3.63, 3.8) is 0 Å². The number of nitrogens with one attached hydrogen (secondary N) is 1. The van der Waals surface area contributed by atoms with Gasteiger partial charge in [0.25, 0.3) is 0 Å². The molecule has 0 aliphatic carbocycles. The Hall–Kier alpha value is -0.540. The van der Waals surface area contributed by atoms with Crippen LogP contribution in [0.15, 0.2) is 22.7 Å². The second kappa shape index (κ2) is 5.25. The largest absolute Gasteiger partial charge is 0.383 e. The van der Waals surface area contributed by atoms with Gasteiger partial charge in [0.15, 0.2) is 0 Å². The molecule has 3 heteroatoms. The van der Waals surface area contributed by atoms with E-state index in [0.29, 0.717) is 0 Å². The third kappa shape index (κ3) is 3.36. The van der Waals surface area contributed by atoms with Crippen LogP contribution >= 0.6 is 15.9 Å². The van der Waals surface area contributed by atoms with Crippen molar-refractivity contribution in [1.82, 2.24) is 0 Å². The predicted molar refractivity (Wildman–Crippen MR) is 59.2 cm³/mol. The summed E-state index contributed by atoms with van der Waals surface area (Å²) in [5.41, 5.74) is 2.38. The number of methoxy groups -OCH3 is 1.